The predicted octanol–water partition coefficient (Wildman–Crippen LogP) is 4.25. The second kappa shape index (κ2) is 13.1. The molecule has 0 radical (unpaired) electrons. The zero-order valence-corrected chi connectivity index (χ0v) is 23.0. The van der Waals surface area contributed by atoms with Crippen molar-refractivity contribution in [1.29, 1.82) is 0 Å². The third-order valence-electron chi connectivity index (χ3n) is 7.07. The van der Waals surface area contributed by atoms with E-state index >= 15 is 0 Å². The van der Waals surface area contributed by atoms with Crippen molar-refractivity contribution in [1.82, 2.24) is 19.5 Å². The van der Waals surface area contributed by atoms with Crippen molar-refractivity contribution in [3.63, 3.8) is 0 Å². The molecule has 1 aliphatic rings. The number of carbonyl (C=O) groups excluding carboxylic acids is 2. The minimum Gasteiger partial charge on any atom is -0.404 e. The van der Waals surface area contributed by atoms with Crippen molar-refractivity contribution in [3.8, 4) is 11.3 Å². The Morgan fingerprint density at radius 2 is 2.00 bits per heavy atom. The molecule has 0 bridgehead atoms. The van der Waals surface area contributed by atoms with Crippen LogP contribution in [0.3, 0.4) is 0 Å². The maximum absolute atomic E-state index is 12.9. The number of aliphatic imine (C=N–C) groups is 1. The Kier molecular flexibility index (Phi) is 9.53. The molecule has 1 unspecified atom stereocenters. The summed E-state index contributed by atoms with van der Waals surface area (Å²) in [5, 5.41) is 4.50. The number of nitrogens with two attached hydrogens (primary N) is 1. The molecule has 1 amide bonds. The molecular formula is C29H33F3N6O3. The average molecular weight is 571 g/mol. The van der Waals surface area contributed by atoms with Crippen LogP contribution in [-0.2, 0) is 20.7 Å². The molecule has 1 aliphatic heterocycles. The van der Waals surface area contributed by atoms with E-state index in [4.69, 9.17) is 10.5 Å². The van der Waals surface area contributed by atoms with Gasteiger partial charge in [-0.05, 0) is 37.5 Å². The lowest BCUT2D eigenvalue weighted by Gasteiger charge is -2.32. The minimum atomic E-state index is -4.36. The summed E-state index contributed by atoms with van der Waals surface area (Å²) in [6, 6.07) is 8.33. The topological polar surface area (TPSA) is 115 Å². The highest BCUT2D eigenvalue weighted by Crippen LogP contribution is 2.25. The molecule has 0 spiro atoms. The molecule has 1 aromatic carbocycles. The maximum Gasteiger partial charge on any atom is 0.389 e. The van der Waals surface area contributed by atoms with Gasteiger partial charge in [0.25, 0.3) is 0 Å². The van der Waals surface area contributed by atoms with Gasteiger partial charge in [0, 0.05) is 68.3 Å². The highest BCUT2D eigenvalue weighted by Gasteiger charge is 2.28. The Morgan fingerprint density at radius 1 is 1.24 bits per heavy atom. The number of rotatable bonds is 10. The molecular weight excluding hydrogens is 537 g/mol. The van der Waals surface area contributed by atoms with Crippen LogP contribution in [0.15, 0.2) is 53.9 Å². The first-order valence-electron chi connectivity index (χ1n) is 13.4. The Hall–Kier alpha value is -4.06. The number of halogens is 3. The number of fused-ring (bicyclic) bond motifs is 1. The third-order valence-corrected chi connectivity index (χ3v) is 7.07. The Labute approximate surface area is 235 Å². The fraction of sp³-hybridized carbons (Fsp3) is 0.414. The lowest BCUT2D eigenvalue weighted by Crippen LogP contribution is -2.44. The molecule has 218 valence electrons. The normalized spacial score (nSPS) is 15.9. The number of alkyl halides is 3. The number of nitrogens with zero attached hydrogens (tertiary/aromatic N) is 5. The fourth-order valence-corrected chi connectivity index (χ4v) is 4.69. The van der Waals surface area contributed by atoms with E-state index in [1.54, 1.807) is 66.3 Å². The fourth-order valence-electron chi connectivity index (χ4n) is 4.69. The van der Waals surface area contributed by atoms with Crippen LogP contribution in [0.25, 0.3) is 22.5 Å². The first-order valence-corrected chi connectivity index (χ1v) is 13.4. The molecule has 1 atom stereocenters. The molecule has 0 saturated carbocycles. The first-order chi connectivity index (χ1) is 19.6. The van der Waals surface area contributed by atoms with E-state index in [0.29, 0.717) is 41.3 Å². The van der Waals surface area contributed by atoms with Crippen molar-refractivity contribution in [2.75, 3.05) is 20.3 Å². The van der Waals surface area contributed by atoms with Gasteiger partial charge >= 0.3 is 6.18 Å². The summed E-state index contributed by atoms with van der Waals surface area (Å²) in [7, 11) is 1.79. The predicted molar refractivity (Wildman–Crippen MR) is 149 cm³/mol. The van der Waals surface area contributed by atoms with E-state index in [0.717, 1.165) is 18.4 Å². The van der Waals surface area contributed by atoms with Crippen molar-refractivity contribution in [2.24, 2.45) is 10.7 Å². The van der Waals surface area contributed by atoms with E-state index in [1.165, 1.54) is 6.20 Å². The molecule has 2 N–H and O–H groups in total. The number of benzene rings is 1. The summed E-state index contributed by atoms with van der Waals surface area (Å²) in [5.74, 6) is -0.560. The van der Waals surface area contributed by atoms with Crippen LogP contribution < -0.4 is 5.73 Å². The monoisotopic (exact) mass is 570 g/mol. The van der Waals surface area contributed by atoms with Gasteiger partial charge in [0.05, 0.1) is 24.5 Å². The van der Waals surface area contributed by atoms with E-state index in [2.05, 4.69) is 15.1 Å². The number of hydrogen-bond donors (Lipinski definition) is 1. The average Bonchev–Trinajstić information content (AvgIpc) is 3.39. The molecule has 1 fully saturated rings. The summed E-state index contributed by atoms with van der Waals surface area (Å²) >= 11 is 0. The van der Waals surface area contributed by atoms with Gasteiger partial charge in [-0.1, -0.05) is 18.2 Å². The van der Waals surface area contributed by atoms with Crippen LogP contribution in [0.2, 0.25) is 0 Å². The first kappa shape index (κ1) is 29.9. The molecule has 12 heteroatoms. The highest BCUT2D eigenvalue weighted by atomic mass is 19.4. The van der Waals surface area contributed by atoms with E-state index in [-0.39, 0.29) is 18.4 Å². The molecule has 1 saturated heterocycles. The molecule has 4 rings (SSSR count). The van der Waals surface area contributed by atoms with E-state index in [1.807, 2.05) is 6.07 Å². The largest absolute Gasteiger partial charge is 0.404 e. The van der Waals surface area contributed by atoms with Crippen molar-refractivity contribution < 1.29 is 27.5 Å². The Balaban J connectivity index is 1.46. The summed E-state index contributed by atoms with van der Waals surface area (Å²) in [6.07, 6.45) is 1.65. The zero-order valence-electron chi connectivity index (χ0n) is 23.0. The molecule has 3 aromatic rings. The second-order valence-electron chi connectivity index (χ2n) is 10.1. The van der Waals surface area contributed by atoms with Gasteiger partial charge in [-0.25, -0.2) is 9.50 Å². The van der Waals surface area contributed by atoms with Crippen LogP contribution in [-0.4, -0.2) is 75.9 Å². The smallest absolute Gasteiger partial charge is 0.389 e. The summed E-state index contributed by atoms with van der Waals surface area (Å²) < 4.78 is 44.4. The van der Waals surface area contributed by atoms with Gasteiger partial charge in [0.15, 0.2) is 5.65 Å². The lowest BCUT2D eigenvalue weighted by atomic mass is 10.0. The number of allylic oxidation sites excluding steroid dienone is 1. The summed E-state index contributed by atoms with van der Waals surface area (Å²) in [5.41, 5.74) is 9.61. The maximum atomic E-state index is 12.9. The standard InChI is InChI=1S/C29H33F3N6O3/c1-19(28(40)37(2)24-7-10-41-11-8-24)34-16-23(15-33)22-14-27-35-18-26(38(27)36-17-22)21-5-3-4-20(12-21)13-25(39)6-9-29(30,31)32/h3-5,12,14-19,24H,6-11,13,33H2,1-2H3. The SMILES string of the molecule is CC(N=CC(=CN)c1cnn2c(-c3cccc(CC(=O)CCC(F)(F)F)c3)cnc2c1)C(=O)N(C)C1CCOCC1. The van der Waals surface area contributed by atoms with Crippen molar-refractivity contribution in [2.45, 2.75) is 57.3 Å². The van der Waals surface area contributed by atoms with E-state index in [9.17, 15) is 22.8 Å². The number of carbonyl (C=O) groups is 2. The number of amides is 1. The van der Waals surface area contributed by atoms with Crippen LogP contribution in [0, 0.1) is 0 Å². The van der Waals surface area contributed by atoms with Gasteiger partial charge in [0.2, 0.25) is 5.91 Å². The lowest BCUT2D eigenvalue weighted by molar-refractivity contribution is -0.143. The molecule has 0 aliphatic carbocycles. The van der Waals surface area contributed by atoms with Gasteiger partial charge in [-0.2, -0.15) is 18.3 Å². The number of imidazole rings is 1. The van der Waals surface area contributed by atoms with Crippen LogP contribution in [0.5, 0.6) is 0 Å². The second-order valence-corrected chi connectivity index (χ2v) is 10.1. The van der Waals surface area contributed by atoms with Crippen LogP contribution in [0.4, 0.5) is 13.2 Å². The van der Waals surface area contributed by atoms with Crippen molar-refractivity contribution in [3.05, 3.63) is 60.1 Å². The van der Waals surface area contributed by atoms with Crippen LogP contribution in [0.1, 0.15) is 43.7 Å². The van der Waals surface area contributed by atoms with E-state index < -0.39 is 30.8 Å². The van der Waals surface area contributed by atoms with Gasteiger partial charge < -0.3 is 15.4 Å². The van der Waals surface area contributed by atoms with Gasteiger partial charge in [0.1, 0.15) is 11.8 Å². The highest BCUT2D eigenvalue weighted by molar-refractivity contribution is 6.10. The zero-order chi connectivity index (χ0) is 29.6. The Bertz CT molecular complexity index is 1440. The summed E-state index contributed by atoms with van der Waals surface area (Å²) in [4.78, 5) is 35.6. The number of ketones is 1. The number of Topliss-reactive ketones (excluding diaryl/α,β-unsaturated/α-hetero) is 1. The van der Waals surface area contributed by atoms with Crippen LogP contribution >= 0.6 is 0 Å². The number of likely N-dealkylation sites (N-methyl/N-ethyl adjacent to an activating group) is 1. The minimum absolute atomic E-state index is 0.0831. The molecule has 2 aromatic heterocycles. The quantitative estimate of drug-likeness (QED) is 0.365. The molecule has 3 heterocycles. The number of ether oxygens (including phenoxy) is 1. The molecule has 41 heavy (non-hydrogen) atoms. The van der Waals surface area contributed by atoms with Crippen molar-refractivity contribution >= 4 is 29.1 Å². The Morgan fingerprint density at radius 3 is 2.71 bits per heavy atom. The summed E-state index contributed by atoms with van der Waals surface area (Å²) in [6.45, 7) is 3.02. The number of hydrogen-bond acceptors (Lipinski definition) is 7. The van der Waals surface area contributed by atoms with Gasteiger partial charge in [-0.3, -0.25) is 14.6 Å². The van der Waals surface area contributed by atoms with Gasteiger partial charge in [-0.15, -0.1) is 0 Å². The molecule has 9 nitrogen and oxygen atoms in total. The number of aromatic nitrogens is 3. The third kappa shape index (κ3) is 7.78.